The number of anilines is 1. The molecule has 0 radical (unpaired) electrons. The first-order valence-corrected chi connectivity index (χ1v) is 7.04. The number of ether oxygens (including phenoxy) is 1. The second kappa shape index (κ2) is 5.14. The number of thioether (sulfide) groups is 1. The molecule has 7 heteroatoms. The van der Waals surface area contributed by atoms with E-state index in [-0.39, 0.29) is 0 Å². The van der Waals surface area contributed by atoms with Crippen molar-refractivity contribution in [2.45, 2.75) is 24.1 Å². The Morgan fingerprint density at radius 2 is 2.05 bits per heavy atom. The number of halogens is 3. The summed E-state index contributed by atoms with van der Waals surface area (Å²) in [7, 11) is 0. The van der Waals surface area contributed by atoms with E-state index in [1.54, 1.807) is 24.3 Å². The molecule has 1 aromatic rings. The highest BCUT2D eigenvalue weighted by atomic mass is 32.2. The van der Waals surface area contributed by atoms with Crippen LogP contribution in [0.1, 0.15) is 12.8 Å². The van der Waals surface area contributed by atoms with Gasteiger partial charge < -0.3 is 4.74 Å². The van der Waals surface area contributed by atoms with Gasteiger partial charge in [0.2, 0.25) is 0 Å². The molecule has 1 aromatic carbocycles. The predicted molar refractivity (Wildman–Crippen MR) is 72.7 cm³/mol. The van der Waals surface area contributed by atoms with Gasteiger partial charge in [-0.3, -0.25) is 0 Å². The molecular weight excluding hydrogens is 303 g/mol. The zero-order valence-electron chi connectivity index (χ0n) is 10.7. The van der Waals surface area contributed by atoms with Crippen LogP contribution >= 0.6 is 11.8 Å². The smallest absolute Gasteiger partial charge is 0.355 e. The molecule has 2 aliphatic rings. The van der Waals surface area contributed by atoms with Crippen molar-refractivity contribution in [2.75, 3.05) is 4.90 Å². The first-order valence-electron chi connectivity index (χ1n) is 6.22. The number of amides is 1. The number of carbonyl (C=O) groups is 1. The zero-order chi connectivity index (χ0) is 15.0. The van der Waals surface area contributed by atoms with Gasteiger partial charge in [0.05, 0.1) is 5.69 Å². The summed E-state index contributed by atoms with van der Waals surface area (Å²) in [5.41, 5.74) is 0.973. The third-order valence-corrected chi connectivity index (χ3v) is 4.24. The van der Waals surface area contributed by atoms with E-state index < -0.39 is 12.5 Å². The van der Waals surface area contributed by atoms with Crippen LogP contribution in [0.3, 0.4) is 0 Å². The molecule has 110 valence electrons. The maximum atomic E-state index is 12.4. The minimum Gasteiger partial charge on any atom is -0.355 e. The molecule has 0 aromatic heterocycles. The summed E-state index contributed by atoms with van der Waals surface area (Å²) in [6, 6.07) is 6.83. The molecule has 21 heavy (non-hydrogen) atoms. The van der Waals surface area contributed by atoms with Crippen molar-refractivity contribution in [3.8, 4) is 0 Å². The van der Waals surface area contributed by atoms with Crippen LogP contribution in [0.15, 0.2) is 51.9 Å². The summed E-state index contributed by atoms with van der Waals surface area (Å²) in [6.07, 6.45) is -1.47. The summed E-state index contributed by atoms with van der Waals surface area (Å²) in [4.78, 5) is 14.5. The van der Waals surface area contributed by atoms with Gasteiger partial charge in [0.1, 0.15) is 0 Å². The van der Waals surface area contributed by atoms with Crippen LogP contribution in [-0.2, 0) is 4.74 Å². The Kier molecular flexibility index (Phi) is 3.44. The molecule has 0 spiro atoms. The third kappa shape index (κ3) is 2.78. The lowest BCUT2D eigenvalue weighted by Crippen LogP contribution is -2.37. The van der Waals surface area contributed by atoms with Gasteiger partial charge in [-0.25, -0.2) is 9.69 Å². The van der Waals surface area contributed by atoms with E-state index in [0.29, 0.717) is 24.2 Å². The fourth-order valence-electron chi connectivity index (χ4n) is 2.29. The molecule has 3 nitrogen and oxygen atoms in total. The number of fused-ring (bicyclic) bond motifs is 1. The maximum Gasteiger partial charge on any atom is 0.576 e. The molecule has 0 saturated carbocycles. The first kappa shape index (κ1) is 14.1. The number of alkyl halides is 3. The normalized spacial score (nSPS) is 17.4. The third-order valence-electron chi connectivity index (χ3n) is 3.08. The highest BCUT2D eigenvalue weighted by Crippen LogP contribution is 2.46. The number of allylic oxidation sites excluding steroid dienone is 3. The van der Waals surface area contributed by atoms with Crippen LogP contribution in [0.4, 0.5) is 23.7 Å². The number of hydrogen-bond donors (Lipinski definition) is 0. The van der Waals surface area contributed by atoms with E-state index in [2.05, 4.69) is 4.74 Å². The standard InChI is InChI=1S/C14H10F3NO2S/c15-14(16,17)20-13(19)18-9-5-1-3-7-11(9)21-12-8-4-2-6-10(12)18/h1,3-5,7-8H,2,6H2. The van der Waals surface area contributed by atoms with Gasteiger partial charge in [-0.2, -0.15) is 0 Å². The minimum atomic E-state index is -5.00. The summed E-state index contributed by atoms with van der Waals surface area (Å²) in [5, 5.41) is 0. The van der Waals surface area contributed by atoms with E-state index >= 15 is 0 Å². The van der Waals surface area contributed by atoms with E-state index in [1.165, 1.54) is 11.8 Å². The van der Waals surface area contributed by atoms with Crippen molar-refractivity contribution in [2.24, 2.45) is 0 Å². The summed E-state index contributed by atoms with van der Waals surface area (Å²) < 4.78 is 40.7. The minimum absolute atomic E-state index is 0.422. The Morgan fingerprint density at radius 3 is 2.81 bits per heavy atom. The van der Waals surface area contributed by atoms with Crippen LogP contribution < -0.4 is 4.90 Å². The second-order valence-electron chi connectivity index (χ2n) is 4.47. The molecule has 1 aliphatic carbocycles. The molecule has 1 amide bonds. The summed E-state index contributed by atoms with van der Waals surface area (Å²) >= 11 is 1.44. The zero-order valence-corrected chi connectivity index (χ0v) is 11.5. The van der Waals surface area contributed by atoms with E-state index in [9.17, 15) is 18.0 Å². The van der Waals surface area contributed by atoms with E-state index in [1.807, 2.05) is 12.2 Å². The van der Waals surface area contributed by atoms with Gasteiger partial charge in [-0.15, -0.1) is 13.2 Å². The van der Waals surface area contributed by atoms with Crippen LogP contribution in [0.2, 0.25) is 0 Å². The molecule has 1 heterocycles. The molecule has 0 saturated heterocycles. The number of rotatable bonds is 0. The number of para-hydroxylation sites is 1. The van der Waals surface area contributed by atoms with Crippen LogP contribution in [0.25, 0.3) is 0 Å². The highest BCUT2D eigenvalue weighted by molar-refractivity contribution is 8.03. The van der Waals surface area contributed by atoms with Gasteiger partial charge in [0.25, 0.3) is 0 Å². The molecule has 0 unspecified atom stereocenters. The number of carbonyl (C=O) groups excluding carboxylic acids is 1. The van der Waals surface area contributed by atoms with Crippen molar-refractivity contribution in [3.63, 3.8) is 0 Å². The molecule has 0 atom stereocenters. The van der Waals surface area contributed by atoms with Gasteiger partial charge in [0.15, 0.2) is 0 Å². The first-order chi connectivity index (χ1) is 9.96. The van der Waals surface area contributed by atoms with Gasteiger partial charge in [-0.05, 0) is 25.0 Å². The SMILES string of the molecule is O=C(OC(F)(F)F)N1C2=C(C=CCC2)Sc2ccccc21. The Hall–Kier alpha value is -1.89. The maximum absolute atomic E-state index is 12.4. The average Bonchev–Trinajstić information content (AvgIpc) is 2.42. The van der Waals surface area contributed by atoms with Crippen molar-refractivity contribution in [3.05, 3.63) is 47.0 Å². The van der Waals surface area contributed by atoms with E-state index in [4.69, 9.17) is 0 Å². The van der Waals surface area contributed by atoms with Gasteiger partial charge in [0, 0.05) is 15.5 Å². The van der Waals surface area contributed by atoms with Gasteiger partial charge in [-0.1, -0.05) is 36.0 Å². The fraction of sp³-hybridized carbons (Fsp3) is 0.214. The van der Waals surface area contributed by atoms with Crippen LogP contribution in [-0.4, -0.2) is 12.5 Å². The number of nitrogens with zero attached hydrogens (tertiary/aromatic N) is 1. The summed E-state index contributed by atoms with van der Waals surface area (Å²) in [6.45, 7) is 0. The second-order valence-corrected chi connectivity index (χ2v) is 5.55. The average molecular weight is 313 g/mol. The molecule has 1 aliphatic heterocycles. The van der Waals surface area contributed by atoms with Crippen LogP contribution in [0, 0.1) is 0 Å². The Bertz CT molecular complexity index is 652. The number of benzene rings is 1. The molecule has 0 N–H and O–H groups in total. The lowest BCUT2D eigenvalue weighted by molar-refractivity contribution is -0.290. The van der Waals surface area contributed by atoms with Gasteiger partial charge >= 0.3 is 12.5 Å². The lowest BCUT2D eigenvalue weighted by Gasteiger charge is -2.33. The lowest BCUT2D eigenvalue weighted by atomic mass is 10.1. The van der Waals surface area contributed by atoms with Crippen molar-refractivity contribution in [1.29, 1.82) is 0 Å². The highest BCUT2D eigenvalue weighted by Gasteiger charge is 2.39. The predicted octanol–water partition coefficient (Wildman–Crippen LogP) is 4.82. The van der Waals surface area contributed by atoms with Crippen molar-refractivity contribution in [1.82, 2.24) is 0 Å². The van der Waals surface area contributed by atoms with Crippen molar-refractivity contribution >= 4 is 23.5 Å². The summed E-state index contributed by atoms with van der Waals surface area (Å²) in [5.74, 6) is 0. The Morgan fingerprint density at radius 1 is 1.29 bits per heavy atom. The monoisotopic (exact) mass is 313 g/mol. The molecule has 3 rings (SSSR count). The topological polar surface area (TPSA) is 29.5 Å². The molecule has 0 fully saturated rings. The van der Waals surface area contributed by atoms with E-state index in [0.717, 1.165) is 14.7 Å². The van der Waals surface area contributed by atoms with Crippen LogP contribution in [0.5, 0.6) is 0 Å². The Labute approximate surface area is 123 Å². The Balaban J connectivity index is 2.04. The molecule has 0 bridgehead atoms. The quantitative estimate of drug-likeness (QED) is 0.688. The number of hydrogen-bond acceptors (Lipinski definition) is 3. The fourth-order valence-corrected chi connectivity index (χ4v) is 3.41. The molecular formula is C14H10F3NO2S. The van der Waals surface area contributed by atoms with Crippen molar-refractivity contribution < 1.29 is 22.7 Å². The largest absolute Gasteiger partial charge is 0.576 e.